The maximum atomic E-state index is 9.43. The number of piperidine rings is 1. The van der Waals surface area contributed by atoms with Crippen LogP contribution in [0.5, 0.6) is 0 Å². The van der Waals surface area contributed by atoms with Crippen LogP contribution in [0.25, 0.3) is 11.2 Å². The molecule has 0 radical (unpaired) electrons. The number of imidazole rings is 1. The second-order valence-electron chi connectivity index (χ2n) is 7.61. The lowest BCUT2D eigenvalue weighted by Crippen LogP contribution is -2.34. The first-order valence-electron chi connectivity index (χ1n) is 10.5. The lowest BCUT2D eigenvalue weighted by Gasteiger charge is -2.29. The zero-order valence-electron chi connectivity index (χ0n) is 17.3. The van der Waals surface area contributed by atoms with Crippen LogP contribution in [0.2, 0.25) is 0 Å². The van der Waals surface area contributed by atoms with E-state index in [-0.39, 0.29) is 13.2 Å². The fourth-order valence-electron chi connectivity index (χ4n) is 3.81. The van der Waals surface area contributed by atoms with E-state index in [0.717, 1.165) is 48.5 Å². The zero-order chi connectivity index (χ0) is 20.9. The molecule has 2 aromatic heterocycles. The number of rotatable bonds is 8. The Morgan fingerprint density at radius 1 is 1.07 bits per heavy atom. The monoisotopic (exact) mass is 411 g/mol. The van der Waals surface area contributed by atoms with Crippen molar-refractivity contribution in [1.29, 1.82) is 0 Å². The lowest BCUT2D eigenvalue weighted by atomic mass is 10.1. The van der Waals surface area contributed by atoms with Crippen LogP contribution in [0, 0.1) is 6.92 Å². The molecule has 30 heavy (non-hydrogen) atoms. The molecule has 0 atom stereocenters. The SMILES string of the molecule is Cc1cccc(Nc2nc3c(N4CCCCC4)nc(N(CCO)CCO)nc3[nH]2)c1. The molecule has 0 amide bonds. The minimum Gasteiger partial charge on any atom is -0.395 e. The van der Waals surface area contributed by atoms with Gasteiger partial charge in [0.2, 0.25) is 11.9 Å². The van der Waals surface area contributed by atoms with E-state index < -0.39 is 0 Å². The van der Waals surface area contributed by atoms with Crippen LogP contribution in [-0.2, 0) is 0 Å². The second kappa shape index (κ2) is 9.27. The first-order valence-corrected chi connectivity index (χ1v) is 10.5. The lowest BCUT2D eigenvalue weighted by molar-refractivity contribution is 0.280. The molecular weight excluding hydrogens is 382 g/mol. The van der Waals surface area contributed by atoms with Gasteiger partial charge in [-0.05, 0) is 43.9 Å². The van der Waals surface area contributed by atoms with Crippen molar-refractivity contribution in [2.75, 3.05) is 54.5 Å². The summed E-state index contributed by atoms with van der Waals surface area (Å²) in [7, 11) is 0. The Hall–Kier alpha value is -2.91. The van der Waals surface area contributed by atoms with Crippen molar-refractivity contribution in [1.82, 2.24) is 19.9 Å². The van der Waals surface area contributed by atoms with Gasteiger partial charge in [0.15, 0.2) is 17.0 Å². The van der Waals surface area contributed by atoms with Gasteiger partial charge in [0.1, 0.15) is 0 Å². The van der Waals surface area contributed by atoms with Crippen molar-refractivity contribution in [3.05, 3.63) is 29.8 Å². The average molecular weight is 412 g/mol. The van der Waals surface area contributed by atoms with Gasteiger partial charge < -0.3 is 30.3 Å². The van der Waals surface area contributed by atoms with E-state index >= 15 is 0 Å². The molecule has 1 aliphatic heterocycles. The third-order valence-corrected chi connectivity index (χ3v) is 5.27. The Kier molecular flexibility index (Phi) is 6.29. The fraction of sp³-hybridized carbons (Fsp3) is 0.476. The Morgan fingerprint density at radius 3 is 2.53 bits per heavy atom. The number of hydrogen-bond donors (Lipinski definition) is 4. The molecular formula is C21H29N7O2. The van der Waals surface area contributed by atoms with Gasteiger partial charge in [-0.15, -0.1) is 0 Å². The quantitative estimate of drug-likeness (QED) is 0.446. The largest absolute Gasteiger partial charge is 0.395 e. The number of anilines is 4. The van der Waals surface area contributed by atoms with E-state index in [9.17, 15) is 10.2 Å². The highest BCUT2D eigenvalue weighted by molar-refractivity contribution is 5.87. The third kappa shape index (κ3) is 4.47. The summed E-state index contributed by atoms with van der Waals surface area (Å²) in [5, 5.41) is 22.2. The first-order chi connectivity index (χ1) is 14.7. The normalized spacial score (nSPS) is 14.3. The van der Waals surface area contributed by atoms with Gasteiger partial charge in [0.25, 0.3) is 0 Å². The molecule has 160 valence electrons. The van der Waals surface area contributed by atoms with E-state index in [0.29, 0.717) is 30.6 Å². The molecule has 3 aromatic rings. The van der Waals surface area contributed by atoms with Crippen LogP contribution in [0.1, 0.15) is 24.8 Å². The highest BCUT2D eigenvalue weighted by Crippen LogP contribution is 2.29. The van der Waals surface area contributed by atoms with Crippen LogP contribution in [0.4, 0.5) is 23.4 Å². The number of fused-ring (bicyclic) bond motifs is 1. The van der Waals surface area contributed by atoms with Crippen molar-refractivity contribution in [2.24, 2.45) is 0 Å². The number of nitrogens with zero attached hydrogens (tertiary/aromatic N) is 5. The Bertz CT molecular complexity index is 979. The highest BCUT2D eigenvalue weighted by atomic mass is 16.3. The van der Waals surface area contributed by atoms with Crippen molar-refractivity contribution < 1.29 is 10.2 Å². The Labute approximate surface area is 175 Å². The predicted molar refractivity (Wildman–Crippen MR) is 119 cm³/mol. The molecule has 0 aliphatic carbocycles. The molecule has 1 aliphatic rings. The van der Waals surface area contributed by atoms with Crippen LogP contribution >= 0.6 is 0 Å². The number of aliphatic hydroxyl groups excluding tert-OH is 2. The predicted octanol–water partition coefficient (Wildman–Crippen LogP) is 2.19. The van der Waals surface area contributed by atoms with Crippen molar-refractivity contribution in [2.45, 2.75) is 26.2 Å². The summed E-state index contributed by atoms with van der Waals surface area (Å²) < 4.78 is 0. The van der Waals surface area contributed by atoms with Crippen LogP contribution in [0.3, 0.4) is 0 Å². The third-order valence-electron chi connectivity index (χ3n) is 5.27. The van der Waals surface area contributed by atoms with Gasteiger partial charge >= 0.3 is 0 Å². The summed E-state index contributed by atoms with van der Waals surface area (Å²) in [5.41, 5.74) is 3.47. The smallest absolute Gasteiger partial charge is 0.229 e. The van der Waals surface area contributed by atoms with Gasteiger partial charge in [-0.25, -0.2) is 4.98 Å². The summed E-state index contributed by atoms with van der Waals surface area (Å²) in [6, 6.07) is 8.10. The number of aromatic nitrogens is 4. The zero-order valence-corrected chi connectivity index (χ0v) is 17.3. The molecule has 1 aromatic carbocycles. The van der Waals surface area contributed by atoms with E-state index in [2.05, 4.69) is 26.3 Å². The molecule has 4 N–H and O–H groups in total. The van der Waals surface area contributed by atoms with Crippen molar-refractivity contribution >= 4 is 34.6 Å². The van der Waals surface area contributed by atoms with Crippen LogP contribution in [0.15, 0.2) is 24.3 Å². The number of benzene rings is 1. The molecule has 0 spiro atoms. The Morgan fingerprint density at radius 2 is 1.83 bits per heavy atom. The average Bonchev–Trinajstić information content (AvgIpc) is 3.15. The fourth-order valence-corrected chi connectivity index (χ4v) is 3.81. The number of aryl methyl sites for hydroxylation is 1. The van der Waals surface area contributed by atoms with Gasteiger partial charge in [-0.2, -0.15) is 9.97 Å². The van der Waals surface area contributed by atoms with Gasteiger partial charge in [-0.1, -0.05) is 12.1 Å². The summed E-state index contributed by atoms with van der Waals surface area (Å²) in [5.74, 6) is 1.89. The number of nitrogens with one attached hydrogen (secondary N) is 2. The molecule has 9 heteroatoms. The summed E-state index contributed by atoms with van der Waals surface area (Å²) >= 11 is 0. The summed E-state index contributed by atoms with van der Waals surface area (Å²) in [4.78, 5) is 21.5. The first kappa shape index (κ1) is 20.4. The van der Waals surface area contributed by atoms with E-state index in [4.69, 9.17) is 9.97 Å². The van der Waals surface area contributed by atoms with Gasteiger partial charge in [0.05, 0.1) is 13.2 Å². The molecule has 4 rings (SSSR count). The van der Waals surface area contributed by atoms with Gasteiger partial charge in [0, 0.05) is 31.9 Å². The van der Waals surface area contributed by atoms with E-state index in [1.165, 1.54) is 6.42 Å². The number of aromatic amines is 1. The molecule has 3 heterocycles. The molecule has 0 unspecified atom stereocenters. The standard InChI is InChI=1S/C21H29N7O2/c1-15-6-5-7-16(14-15)22-20-23-17-18(24-20)25-21(28(10-12-29)11-13-30)26-19(17)27-8-3-2-4-9-27/h5-7,14,29-30H,2-4,8-13H2,1H3,(H2,22,23,24,25,26). The van der Waals surface area contributed by atoms with Crippen LogP contribution in [-0.4, -0.2) is 69.5 Å². The molecule has 0 bridgehead atoms. The van der Waals surface area contributed by atoms with Gasteiger partial charge in [-0.3, -0.25) is 0 Å². The van der Waals surface area contributed by atoms with E-state index in [1.807, 2.05) is 25.1 Å². The van der Waals surface area contributed by atoms with E-state index in [1.54, 1.807) is 4.90 Å². The molecule has 1 saturated heterocycles. The topological polar surface area (TPSA) is 113 Å². The van der Waals surface area contributed by atoms with Crippen molar-refractivity contribution in [3.8, 4) is 0 Å². The Balaban J connectivity index is 1.75. The van der Waals surface area contributed by atoms with Crippen molar-refractivity contribution in [3.63, 3.8) is 0 Å². The maximum Gasteiger partial charge on any atom is 0.229 e. The summed E-state index contributed by atoms with van der Waals surface area (Å²) in [6.07, 6.45) is 3.47. The maximum absolute atomic E-state index is 9.43. The number of aliphatic hydroxyl groups is 2. The molecule has 0 saturated carbocycles. The molecule has 1 fully saturated rings. The number of hydrogen-bond acceptors (Lipinski definition) is 8. The highest BCUT2D eigenvalue weighted by Gasteiger charge is 2.22. The second-order valence-corrected chi connectivity index (χ2v) is 7.61. The number of H-pyrrole nitrogens is 1. The minimum atomic E-state index is -0.0381. The summed E-state index contributed by atoms with van der Waals surface area (Å²) in [6.45, 7) is 4.54. The minimum absolute atomic E-state index is 0.0381. The molecule has 9 nitrogen and oxygen atoms in total. The van der Waals surface area contributed by atoms with Crippen LogP contribution < -0.4 is 15.1 Å².